The van der Waals surface area contributed by atoms with Crippen molar-refractivity contribution in [2.24, 2.45) is 0 Å². The van der Waals surface area contributed by atoms with Gasteiger partial charge >= 0.3 is 0 Å². The smallest absolute Gasteiger partial charge is 0.204 e. The fourth-order valence-corrected chi connectivity index (χ4v) is 2.75. The zero-order valence-electron chi connectivity index (χ0n) is 12.7. The lowest BCUT2D eigenvalue weighted by Gasteiger charge is -2.28. The third-order valence-electron chi connectivity index (χ3n) is 3.80. The number of carbonyl (C=O) groups is 1. The summed E-state index contributed by atoms with van der Waals surface area (Å²) in [5.41, 5.74) is 0.727. The second-order valence-electron chi connectivity index (χ2n) is 5.13. The first-order chi connectivity index (χ1) is 11.1. The molecule has 2 aromatic carbocycles. The summed E-state index contributed by atoms with van der Waals surface area (Å²) in [6.07, 6.45) is -0.546. The number of ether oxygens (including phenoxy) is 3. The molecule has 6 heteroatoms. The molecule has 1 heterocycles. The molecule has 6 nitrogen and oxygen atoms in total. The van der Waals surface area contributed by atoms with E-state index in [1.165, 1.54) is 14.2 Å². The summed E-state index contributed by atoms with van der Waals surface area (Å²) in [4.78, 5) is 12.5. The molecule has 0 spiro atoms. The largest absolute Gasteiger partial charge is 0.507 e. The molecule has 0 aromatic heterocycles. The quantitative estimate of drug-likeness (QED) is 0.905. The Hall–Kier alpha value is -2.89. The molecule has 2 aromatic rings. The zero-order valence-corrected chi connectivity index (χ0v) is 12.7. The predicted molar refractivity (Wildman–Crippen MR) is 81.6 cm³/mol. The molecule has 3 rings (SSSR count). The molecule has 0 saturated heterocycles. The molecule has 120 valence electrons. The van der Waals surface area contributed by atoms with Crippen LogP contribution in [0.15, 0.2) is 30.3 Å². The highest BCUT2D eigenvalue weighted by Crippen LogP contribution is 2.50. The summed E-state index contributed by atoms with van der Waals surface area (Å²) < 4.78 is 16.3. The summed E-state index contributed by atoms with van der Waals surface area (Å²) in [5.74, 6) is -0.267. The van der Waals surface area contributed by atoms with Gasteiger partial charge in [0.25, 0.3) is 0 Å². The molecular weight excluding hydrogens is 300 g/mol. The van der Waals surface area contributed by atoms with E-state index in [1.54, 1.807) is 12.1 Å². The van der Waals surface area contributed by atoms with Gasteiger partial charge in [0.15, 0.2) is 17.3 Å². The maximum Gasteiger partial charge on any atom is 0.204 e. The van der Waals surface area contributed by atoms with E-state index in [0.29, 0.717) is 11.3 Å². The molecule has 1 aliphatic rings. The molecule has 0 bridgehead atoms. The third kappa shape index (κ3) is 2.42. The van der Waals surface area contributed by atoms with Crippen LogP contribution in [0.1, 0.15) is 28.4 Å². The number of methoxy groups -OCH3 is 2. The van der Waals surface area contributed by atoms with Crippen molar-refractivity contribution in [3.63, 3.8) is 0 Å². The first kappa shape index (κ1) is 15.0. The molecule has 1 atom stereocenters. The number of benzene rings is 2. The Labute approximate surface area is 132 Å². The van der Waals surface area contributed by atoms with Crippen molar-refractivity contribution in [2.45, 2.75) is 12.5 Å². The number of Topliss-reactive ketones (excluding diaryl/α,β-unsaturated/α-hetero) is 1. The van der Waals surface area contributed by atoms with Crippen molar-refractivity contribution in [3.05, 3.63) is 41.5 Å². The van der Waals surface area contributed by atoms with E-state index in [0.717, 1.165) is 6.07 Å². The lowest BCUT2D eigenvalue weighted by atomic mass is 9.94. The van der Waals surface area contributed by atoms with Crippen molar-refractivity contribution < 1.29 is 29.2 Å². The van der Waals surface area contributed by atoms with Crippen LogP contribution in [0.2, 0.25) is 0 Å². The Morgan fingerprint density at radius 2 is 1.87 bits per heavy atom. The van der Waals surface area contributed by atoms with Crippen LogP contribution in [0.4, 0.5) is 0 Å². The minimum absolute atomic E-state index is 0.0192. The van der Waals surface area contributed by atoms with Crippen molar-refractivity contribution in [1.29, 1.82) is 0 Å². The third-order valence-corrected chi connectivity index (χ3v) is 3.80. The molecule has 0 amide bonds. The maximum atomic E-state index is 12.5. The molecule has 0 aliphatic carbocycles. The van der Waals surface area contributed by atoms with Gasteiger partial charge in [-0.1, -0.05) is 18.2 Å². The normalized spacial score (nSPS) is 16.4. The number of phenolic OH excluding ortho intramolecular Hbond substituents is 2. The predicted octanol–water partition coefficient (Wildman–Crippen LogP) is 2.82. The average molecular weight is 316 g/mol. The SMILES string of the molecule is COc1ccccc1[C@@H]1CC(=O)c2c(O)cc(O)c(OC)c2O1. The highest BCUT2D eigenvalue weighted by atomic mass is 16.5. The minimum Gasteiger partial charge on any atom is -0.507 e. The van der Waals surface area contributed by atoms with Crippen LogP contribution in [0.5, 0.6) is 28.7 Å². The first-order valence-corrected chi connectivity index (χ1v) is 7.02. The molecule has 0 saturated carbocycles. The van der Waals surface area contributed by atoms with Crippen LogP contribution in [0.25, 0.3) is 0 Å². The average Bonchev–Trinajstić information content (AvgIpc) is 2.54. The second kappa shape index (κ2) is 5.72. The van der Waals surface area contributed by atoms with Crippen LogP contribution in [-0.4, -0.2) is 30.2 Å². The van der Waals surface area contributed by atoms with Gasteiger partial charge in [0.2, 0.25) is 5.75 Å². The molecule has 0 radical (unpaired) electrons. The van der Waals surface area contributed by atoms with Gasteiger partial charge in [-0.2, -0.15) is 0 Å². The van der Waals surface area contributed by atoms with Gasteiger partial charge in [-0.05, 0) is 6.07 Å². The van der Waals surface area contributed by atoms with Crippen LogP contribution >= 0.6 is 0 Å². The number of hydrogen-bond acceptors (Lipinski definition) is 6. The molecule has 0 unspecified atom stereocenters. The Bertz CT molecular complexity index is 768. The van der Waals surface area contributed by atoms with Gasteiger partial charge in [-0.3, -0.25) is 4.79 Å². The van der Waals surface area contributed by atoms with Gasteiger partial charge in [-0.25, -0.2) is 0 Å². The summed E-state index contributed by atoms with van der Waals surface area (Å²) in [6, 6.07) is 8.28. The maximum absolute atomic E-state index is 12.5. The number of rotatable bonds is 3. The Morgan fingerprint density at radius 3 is 2.57 bits per heavy atom. The Balaban J connectivity index is 2.11. The lowest BCUT2D eigenvalue weighted by Crippen LogP contribution is -2.21. The number of carbonyl (C=O) groups excluding carboxylic acids is 1. The van der Waals surface area contributed by atoms with Crippen molar-refractivity contribution >= 4 is 5.78 Å². The van der Waals surface area contributed by atoms with E-state index < -0.39 is 6.10 Å². The van der Waals surface area contributed by atoms with Crippen LogP contribution in [-0.2, 0) is 0 Å². The standard InChI is InChI=1S/C17H16O6/c1-21-13-6-4-3-5-9(13)14-8-11(19)15-10(18)7-12(20)16(22-2)17(15)23-14/h3-7,14,18,20H,8H2,1-2H3/t14-/m0/s1. The number of ketones is 1. The lowest BCUT2D eigenvalue weighted by molar-refractivity contribution is 0.0833. The molecule has 0 fully saturated rings. The number of fused-ring (bicyclic) bond motifs is 1. The molecule has 2 N–H and O–H groups in total. The minimum atomic E-state index is -0.596. The highest BCUT2D eigenvalue weighted by Gasteiger charge is 2.35. The van der Waals surface area contributed by atoms with Crippen LogP contribution < -0.4 is 14.2 Å². The number of aromatic hydroxyl groups is 2. The Morgan fingerprint density at radius 1 is 1.13 bits per heavy atom. The van der Waals surface area contributed by atoms with Crippen molar-refractivity contribution in [3.8, 4) is 28.7 Å². The van der Waals surface area contributed by atoms with E-state index in [1.807, 2.05) is 12.1 Å². The summed E-state index contributed by atoms with van der Waals surface area (Å²) in [5, 5.41) is 19.8. The number of hydrogen-bond donors (Lipinski definition) is 2. The summed E-state index contributed by atoms with van der Waals surface area (Å²) in [6.45, 7) is 0. The fraction of sp³-hybridized carbons (Fsp3) is 0.235. The highest BCUT2D eigenvalue weighted by molar-refractivity contribution is 6.03. The number of phenols is 2. The molecule has 1 aliphatic heterocycles. The zero-order chi connectivity index (χ0) is 16.6. The van der Waals surface area contributed by atoms with E-state index in [9.17, 15) is 15.0 Å². The van der Waals surface area contributed by atoms with Gasteiger partial charge < -0.3 is 24.4 Å². The van der Waals surface area contributed by atoms with Gasteiger partial charge in [0, 0.05) is 11.6 Å². The second-order valence-corrected chi connectivity index (χ2v) is 5.13. The van der Waals surface area contributed by atoms with E-state index >= 15 is 0 Å². The van der Waals surface area contributed by atoms with Crippen molar-refractivity contribution in [1.82, 2.24) is 0 Å². The van der Waals surface area contributed by atoms with Crippen LogP contribution in [0, 0.1) is 0 Å². The topological polar surface area (TPSA) is 85.2 Å². The summed E-state index contributed by atoms with van der Waals surface area (Å²) in [7, 11) is 2.89. The summed E-state index contributed by atoms with van der Waals surface area (Å²) >= 11 is 0. The van der Waals surface area contributed by atoms with E-state index in [2.05, 4.69) is 0 Å². The first-order valence-electron chi connectivity index (χ1n) is 7.02. The van der Waals surface area contributed by atoms with Gasteiger partial charge in [0.1, 0.15) is 23.2 Å². The molecular formula is C17H16O6. The van der Waals surface area contributed by atoms with Crippen molar-refractivity contribution in [2.75, 3.05) is 14.2 Å². The fourth-order valence-electron chi connectivity index (χ4n) is 2.75. The van der Waals surface area contributed by atoms with Gasteiger partial charge in [0.05, 0.1) is 20.6 Å². The van der Waals surface area contributed by atoms with Crippen LogP contribution in [0.3, 0.4) is 0 Å². The van der Waals surface area contributed by atoms with Gasteiger partial charge in [-0.15, -0.1) is 0 Å². The van der Waals surface area contributed by atoms with E-state index in [4.69, 9.17) is 14.2 Å². The Kier molecular flexibility index (Phi) is 3.73. The van der Waals surface area contributed by atoms with E-state index in [-0.39, 0.29) is 40.8 Å². The monoisotopic (exact) mass is 316 g/mol. The number of para-hydroxylation sites is 1. The molecule has 23 heavy (non-hydrogen) atoms.